The first-order valence-electron chi connectivity index (χ1n) is 7.45. The van der Waals surface area contributed by atoms with Gasteiger partial charge in [0, 0.05) is 5.69 Å². The maximum Gasteiger partial charge on any atom is 0.247 e. The van der Waals surface area contributed by atoms with Gasteiger partial charge in [0.05, 0.1) is 11.4 Å². The summed E-state index contributed by atoms with van der Waals surface area (Å²) < 4.78 is 0. The van der Waals surface area contributed by atoms with Crippen LogP contribution in [-0.2, 0) is 4.79 Å². The highest BCUT2D eigenvalue weighted by molar-refractivity contribution is 5.99. The minimum atomic E-state index is -0.225. The van der Waals surface area contributed by atoms with E-state index < -0.39 is 0 Å². The number of carbonyl (C=O) groups is 1. The molecule has 4 heteroatoms. The van der Waals surface area contributed by atoms with Crippen molar-refractivity contribution in [1.82, 2.24) is 0 Å². The van der Waals surface area contributed by atoms with Crippen LogP contribution in [0.15, 0.2) is 53.2 Å². The molecule has 2 aromatic carbocycles. The maximum atomic E-state index is 11.4. The average Bonchev–Trinajstić information content (AvgIpc) is 2.54. The number of carbonyl (C=O) groups excluding carboxylic acids is 1. The molecule has 2 aromatic rings. The van der Waals surface area contributed by atoms with E-state index in [1.165, 1.54) is 17.2 Å². The Balaban J connectivity index is 2.28. The molecule has 0 atom stereocenters. The summed E-state index contributed by atoms with van der Waals surface area (Å²) in [7, 11) is 0. The number of aryl methyl sites for hydroxylation is 2. The van der Waals surface area contributed by atoms with Crippen molar-refractivity contribution in [2.45, 2.75) is 27.7 Å². The minimum Gasteiger partial charge on any atom is -0.322 e. The molecule has 0 unspecified atom stereocenters. The fourth-order valence-electron chi connectivity index (χ4n) is 2.13. The van der Waals surface area contributed by atoms with Crippen LogP contribution in [0.25, 0.3) is 0 Å². The second kappa shape index (κ2) is 7.01. The van der Waals surface area contributed by atoms with Crippen molar-refractivity contribution in [1.29, 1.82) is 0 Å². The van der Waals surface area contributed by atoms with Crippen molar-refractivity contribution in [3.05, 3.63) is 65.2 Å². The Hall–Kier alpha value is -2.75. The number of hydrogen-bond donors (Lipinski definition) is 1. The van der Waals surface area contributed by atoms with Crippen LogP contribution in [-0.4, -0.2) is 5.91 Å². The summed E-state index contributed by atoms with van der Waals surface area (Å²) in [5, 5.41) is 11.4. The molecule has 0 spiro atoms. The van der Waals surface area contributed by atoms with Gasteiger partial charge in [-0.1, -0.05) is 12.6 Å². The third-order valence-electron chi connectivity index (χ3n) is 3.97. The molecule has 0 fully saturated rings. The molecule has 1 N–H and O–H groups in total. The van der Waals surface area contributed by atoms with Gasteiger partial charge in [0.25, 0.3) is 0 Å². The van der Waals surface area contributed by atoms with Crippen LogP contribution in [0.2, 0.25) is 0 Å². The lowest BCUT2D eigenvalue weighted by molar-refractivity contribution is -0.111. The predicted octanol–water partition coefficient (Wildman–Crippen LogP) is 5.46. The first-order chi connectivity index (χ1) is 10.9. The monoisotopic (exact) mass is 307 g/mol. The molecule has 0 aliphatic rings. The second-order valence-corrected chi connectivity index (χ2v) is 5.54. The van der Waals surface area contributed by atoms with Crippen LogP contribution >= 0.6 is 0 Å². The topological polar surface area (TPSA) is 53.8 Å². The van der Waals surface area contributed by atoms with Crippen LogP contribution in [0.3, 0.4) is 0 Å². The number of azo groups is 1. The zero-order valence-electron chi connectivity index (χ0n) is 14.0. The van der Waals surface area contributed by atoms with Crippen molar-refractivity contribution < 1.29 is 4.79 Å². The standard InChI is InChI=1S/C19H21N3O/c1-6-19(23)20-17-9-10-18(15(5)14(17)4)22-21-16-8-7-12(2)13(3)11-16/h6-11H,1H2,2-5H3,(H,20,23). The first kappa shape index (κ1) is 16.6. The molecular formula is C19H21N3O. The van der Waals surface area contributed by atoms with E-state index in [2.05, 4.69) is 36.0 Å². The minimum absolute atomic E-state index is 0.225. The van der Waals surface area contributed by atoms with Crippen LogP contribution in [0.1, 0.15) is 22.3 Å². The Morgan fingerprint density at radius 3 is 2.39 bits per heavy atom. The van der Waals surface area contributed by atoms with Crippen LogP contribution in [0.5, 0.6) is 0 Å². The summed E-state index contributed by atoms with van der Waals surface area (Å²) >= 11 is 0. The van der Waals surface area contributed by atoms with Gasteiger partial charge < -0.3 is 5.32 Å². The molecular weight excluding hydrogens is 286 g/mol. The third-order valence-corrected chi connectivity index (χ3v) is 3.97. The highest BCUT2D eigenvalue weighted by Gasteiger charge is 2.07. The Morgan fingerprint density at radius 2 is 1.74 bits per heavy atom. The molecule has 0 saturated carbocycles. The first-order valence-corrected chi connectivity index (χ1v) is 7.45. The lowest BCUT2D eigenvalue weighted by atomic mass is 10.1. The van der Waals surface area contributed by atoms with Gasteiger partial charge in [-0.05, 0) is 80.3 Å². The number of amides is 1. The van der Waals surface area contributed by atoms with E-state index in [0.29, 0.717) is 0 Å². The molecule has 0 aliphatic heterocycles. The van der Waals surface area contributed by atoms with Crippen molar-refractivity contribution in [2.75, 3.05) is 5.32 Å². The molecule has 0 heterocycles. The summed E-state index contributed by atoms with van der Waals surface area (Å²) in [5.41, 5.74) is 6.76. The number of nitrogens with zero attached hydrogens (tertiary/aromatic N) is 2. The predicted molar refractivity (Wildman–Crippen MR) is 94.8 cm³/mol. The second-order valence-electron chi connectivity index (χ2n) is 5.54. The van der Waals surface area contributed by atoms with Crippen molar-refractivity contribution in [2.24, 2.45) is 10.2 Å². The van der Waals surface area contributed by atoms with Crippen molar-refractivity contribution in [3.63, 3.8) is 0 Å². The van der Waals surface area contributed by atoms with E-state index >= 15 is 0 Å². The van der Waals surface area contributed by atoms with Gasteiger partial charge in [0.15, 0.2) is 0 Å². The van der Waals surface area contributed by atoms with Gasteiger partial charge in [0.1, 0.15) is 0 Å². The van der Waals surface area contributed by atoms with Gasteiger partial charge in [-0.15, -0.1) is 0 Å². The molecule has 1 amide bonds. The SMILES string of the molecule is C=CC(=O)Nc1ccc(N=Nc2ccc(C)c(C)c2)c(C)c1C. The van der Waals surface area contributed by atoms with E-state index in [0.717, 1.165) is 28.2 Å². The third kappa shape index (κ3) is 3.92. The van der Waals surface area contributed by atoms with Gasteiger partial charge in [-0.3, -0.25) is 4.79 Å². The molecule has 118 valence electrons. The number of anilines is 1. The fourth-order valence-corrected chi connectivity index (χ4v) is 2.13. The molecule has 0 saturated heterocycles. The Labute approximate surface area is 137 Å². The lowest BCUT2D eigenvalue weighted by Crippen LogP contribution is -2.08. The summed E-state index contributed by atoms with van der Waals surface area (Å²) in [4.78, 5) is 11.4. The van der Waals surface area contributed by atoms with E-state index in [1.54, 1.807) is 0 Å². The average molecular weight is 307 g/mol. The summed E-state index contributed by atoms with van der Waals surface area (Å²) in [6.45, 7) is 11.5. The fraction of sp³-hybridized carbons (Fsp3) is 0.211. The van der Waals surface area contributed by atoms with E-state index in [9.17, 15) is 4.79 Å². The Bertz CT molecular complexity index is 791. The van der Waals surface area contributed by atoms with E-state index in [4.69, 9.17) is 0 Å². The molecule has 23 heavy (non-hydrogen) atoms. The zero-order valence-corrected chi connectivity index (χ0v) is 14.0. The number of rotatable bonds is 4. The lowest BCUT2D eigenvalue weighted by Gasteiger charge is -2.10. The number of benzene rings is 2. The summed E-state index contributed by atoms with van der Waals surface area (Å²) in [6.07, 6.45) is 1.25. The molecule has 0 aromatic heterocycles. The van der Waals surface area contributed by atoms with E-state index in [-0.39, 0.29) is 5.91 Å². The van der Waals surface area contributed by atoms with Crippen molar-refractivity contribution >= 4 is 23.0 Å². The highest BCUT2D eigenvalue weighted by atomic mass is 16.1. The quantitative estimate of drug-likeness (QED) is 0.591. The summed E-state index contributed by atoms with van der Waals surface area (Å²) in [6, 6.07) is 9.69. The molecule has 0 radical (unpaired) electrons. The smallest absolute Gasteiger partial charge is 0.247 e. The summed E-state index contributed by atoms with van der Waals surface area (Å²) in [5.74, 6) is -0.225. The molecule has 0 aliphatic carbocycles. The van der Waals surface area contributed by atoms with E-state index in [1.807, 2.05) is 44.2 Å². The molecule has 0 bridgehead atoms. The van der Waals surface area contributed by atoms with Crippen LogP contribution < -0.4 is 5.32 Å². The van der Waals surface area contributed by atoms with Crippen LogP contribution in [0.4, 0.5) is 17.1 Å². The maximum absolute atomic E-state index is 11.4. The normalized spacial score (nSPS) is 10.8. The largest absolute Gasteiger partial charge is 0.322 e. The van der Waals surface area contributed by atoms with Gasteiger partial charge in [-0.2, -0.15) is 10.2 Å². The Morgan fingerprint density at radius 1 is 1.00 bits per heavy atom. The Kier molecular flexibility index (Phi) is 5.06. The number of nitrogens with one attached hydrogen (secondary N) is 1. The van der Waals surface area contributed by atoms with Crippen molar-refractivity contribution in [3.8, 4) is 0 Å². The van der Waals surface area contributed by atoms with Gasteiger partial charge in [0.2, 0.25) is 5.91 Å². The van der Waals surface area contributed by atoms with Crippen LogP contribution in [0, 0.1) is 27.7 Å². The molecule has 4 nitrogen and oxygen atoms in total. The molecule has 2 rings (SSSR count). The van der Waals surface area contributed by atoms with Gasteiger partial charge in [-0.25, -0.2) is 0 Å². The van der Waals surface area contributed by atoms with Gasteiger partial charge >= 0.3 is 0 Å². The number of hydrogen-bond acceptors (Lipinski definition) is 3. The highest BCUT2D eigenvalue weighted by Crippen LogP contribution is 2.29. The zero-order chi connectivity index (χ0) is 17.0.